The molecule has 0 rings (SSSR count). The lowest BCUT2D eigenvalue weighted by Gasteiger charge is -2.11. The predicted octanol–water partition coefficient (Wildman–Crippen LogP) is 2.90. The van der Waals surface area contributed by atoms with Crippen LogP contribution < -0.4 is 0 Å². The SMILES string of the molecule is [CH2]C(C(=O)OCCCCC)C(=O)OCCCCC. The minimum Gasteiger partial charge on any atom is -0.465 e. The number of unbranched alkanes of at least 4 members (excludes halogenated alkanes) is 4. The lowest BCUT2D eigenvalue weighted by molar-refractivity contribution is -0.159. The largest absolute Gasteiger partial charge is 0.465 e. The van der Waals surface area contributed by atoms with E-state index >= 15 is 0 Å². The Morgan fingerprint density at radius 1 is 0.889 bits per heavy atom. The van der Waals surface area contributed by atoms with Crippen molar-refractivity contribution in [1.29, 1.82) is 0 Å². The average Bonchev–Trinajstić information content (AvgIpc) is 2.38. The van der Waals surface area contributed by atoms with Crippen LogP contribution in [0.5, 0.6) is 0 Å². The van der Waals surface area contributed by atoms with Gasteiger partial charge in [-0.2, -0.15) is 0 Å². The molecule has 18 heavy (non-hydrogen) atoms. The summed E-state index contributed by atoms with van der Waals surface area (Å²) in [5.74, 6) is -2.24. The zero-order chi connectivity index (χ0) is 13.8. The van der Waals surface area contributed by atoms with Gasteiger partial charge in [0.05, 0.1) is 13.2 Å². The summed E-state index contributed by atoms with van der Waals surface area (Å²) in [5.41, 5.74) is 0. The third kappa shape index (κ3) is 8.09. The van der Waals surface area contributed by atoms with Crippen molar-refractivity contribution >= 4 is 11.9 Å². The Labute approximate surface area is 110 Å². The Morgan fingerprint density at radius 3 is 1.61 bits per heavy atom. The van der Waals surface area contributed by atoms with Crippen molar-refractivity contribution in [2.75, 3.05) is 13.2 Å². The third-order valence-electron chi connectivity index (χ3n) is 2.55. The van der Waals surface area contributed by atoms with Crippen LogP contribution in [0.15, 0.2) is 0 Å². The Balaban J connectivity index is 3.72. The van der Waals surface area contributed by atoms with E-state index in [2.05, 4.69) is 20.8 Å². The molecule has 0 unspecified atom stereocenters. The molecule has 0 aromatic carbocycles. The summed E-state index contributed by atoms with van der Waals surface area (Å²) in [7, 11) is 0. The van der Waals surface area contributed by atoms with E-state index in [0.29, 0.717) is 13.2 Å². The smallest absolute Gasteiger partial charge is 0.320 e. The zero-order valence-corrected chi connectivity index (χ0v) is 11.6. The maximum absolute atomic E-state index is 11.5. The van der Waals surface area contributed by atoms with E-state index in [1.54, 1.807) is 0 Å². The summed E-state index contributed by atoms with van der Waals surface area (Å²) in [6.07, 6.45) is 5.78. The second-order valence-electron chi connectivity index (χ2n) is 4.30. The van der Waals surface area contributed by atoms with Gasteiger partial charge in [-0.3, -0.25) is 9.59 Å². The van der Waals surface area contributed by atoms with E-state index in [0.717, 1.165) is 38.5 Å². The second kappa shape index (κ2) is 11.1. The van der Waals surface area contributed by atoms with Gasteiger partial charge in [-0.1, -0.05) is 39.5 Å². The fourth-order valence-electron chi connectivity index (χ4n) is 1.35. The summed E-state index contributed by atoms with van der Waals surface area (Å²) in [4.78, 5) is 22.9. The molecular weight excluding hydrogens is 232 g/mol. The van der Waals surface area contributed by atoms with Gasteiger partial charge in [0, 0.05) is 0 Å². The van der Waals surface area contributed by atoms with Crippen molar-refractivity contribution in [3.8, 4) is 0 Å². The molecule has 0 fully saturated rings. The van der Waals surface area contributed by atoms with Crippen molar-refractivity contribution in [3.05, 3.63) is 6.92 Å². The van der Waals surface area contributed by atoms with Crippen molar-refractivity contribution in [3.63, 3.8) is 0 Å². The van der Waals surface area contributed by atoms with Gasteiger partial charge < -0.3 is 9.47 Å². The molecule has 0 heterocycles. The van der Waals surface area contributed by atoms with E-state index in [-0.39, 0.29) is 0 Å². The van der Waals surface area contributed by atoms with Crippen LogP contribution in [0.2, 0.25) is 0 Å². The molecule has 4 nitrogen and oxygen atoms in total. The van der Waals surface area contributed by atoms with Gasteiger partial charge in [0.25, 0.3) is 0 Å². The van der Waals surface area contributed by atoms with Crippen molar-refractivity contribution in [2.24, 2.45) is 5.92 Å². The highest BCUT2D eigenvalue weighted by Gasteiger charge is 2.24. The first-order valence-electron chi connectivity index (χ1n) is 6.79. The van der Waals surface area contributed by atoms with Crippen LogP contribution in [0.1, 0.15) is 52.4 Å². The number of hydrogen-bond donors (Lipinski definition) is 0. The number of rotatable bonds is 10. The number of carbonyl (C=O) groups is 2. The van der Waals surface area contributed by atoms with Crippen molar-refractivity contribution in [2.45, 2.75) is 52.4 Å². The van der Waals surface area contributed by atoms with E-state index in [1.165, 1.54) is 0 Å². The molecule has 0 aromatic rings. The first-order chi connectivity index (χ1) is 8.63. The van der Waals surface area contributed by atoms with Crippen molar-refractivity contribution < 1.29 is 19.1 Å². The van der Waals surface area contributed by atoms with Gasteiger partial charge in [0.15, 0.2) is 5.92 Å². The molecule has 0 bridgehead atoms. The molecule has 0 amide bonds. The fourth-order valence-corrected chi connectivity index (χ4v) is 1.35. The number of hydrogen-bond acceptors (Lipinski definition) is 4. The third-order valence-corrected chi connectivity index (χ3v) is 2.55. The summed E-state index contributed by atoms with van der Waals surface area (Å²) >= 11 is 0. The predicted molar refractivity (Wildman–Crippen MR) is 69.8 cm³/mol. The monoisotopic (exact) mass is 257 g/mol. The minimum atomic E-state index is -1.06. The van der Waals surface area contributed by atoms with Gasteiger partial charge in [-0.05, 0) is 19.8 Å². The molecule has 105 valence electrons. The van der Waals surface area contributed by atoms with E-state index in [4.69, 9.17) is 9.47 Å². The molecular formula is C14H25O4. The fraction of sp³-hybridized carbons (Fsp3) is 0.786. The minimum absolute atomic E-state index is 0.349. The zero-order valence-electron chi connectivity index (χ0n) is 11.6. The van der Waals surface area contributed by atoms with Crippen LogP contribution >= 0.6 is 0 Å². The Hall–Kier alpha value is -1.06. The normalized spacial score (nSPS) is 10.4. The summed E-state index contributed by atoms with van der Waals surface area (Å²) in [6, 6.07) is 0. The van der Waals surface area contributed by atoms with Crippen LogP contribution in [0, 0.1) is 12.8 Å². The summed E-state index contributed by atoms with van der Waals surface area (Å²) < 4.78 is 9.90. The molecule has 0 N–H and O–H groups in total. The first-order valence-corrected chi connectivity index (χ1v) is 6.79. The highest BCUT2D eigenvalue weighted by Crippen LogP contribution is 2.04. The lowest BCUT2D eigenvalue weighted by atomic mass is 10.2. The second-order valence-corrected chi connectivity index (χ2v) is 4.30. The van der Waals surface area contributed by atoms with Crippen LogP contribution in [0.25, 0.3) is 0 Å². The molecule has 0 saturated carbocycles. The molecule has 0 aliphatic carbocycles. The van der Waals surface area contributed by atoms with E-state index in [9.17, 15) is 9.59 Å². The molecule has 0 saturated heterocycles. The average molecular weight is 257 g/mol. The van der Waals surface area contributed by atoms with E-state index < -0.39 is 17.9 Å². The molecule has 0 atom stereocenters. The highest BCUT2D eigenvalue weighted by molar-refractivity contribution is 5.95. The maximum atomic E-state index is 11.5. The van der Waals surface area contributed by atoms with Crippen LogP contribution in [-0.4, -0.2) is 25.2 Å². The Kier molecular flexibility index (Phi) is 10.4. The lowest BCUT2D eigenvalue weighted by Crippen LogP contribution is -2.26. The van der Waals surface area contributed by atoms with Gasteiger partial charge in [0.1, 0.15) is 0 Å². The van der Waals surface area contributed by atoms with Gasteiger partial charge in [-0.15, -0.1) is 0 Å². The summed E-state index contributed by atoms with van der Waals surface area (Å²) in [6.45, 7) is 8.32. The first kappa shape index (κ1) is 16.9. The highest BCUT2D eigenvalue weighted by atomic mass is 16.6. The molecule has 0 aliphatic rings. The molecule has 4 heteroatoms. The Bertz CT molecular complexity index is 214. The van der Waals surface area contributed by atoms with E-state index in [1.807, 2.05) is 0 Å². The number of carbonyl (C=O) groups excluding carboxylic acids is 2. The quantitative estimate of drug-likeness (QED) is 0.343. The van der Waals surface area contributed by atoms with Gasteiger partial charge in [-0.25, -0.2) is 0 Å². The van der Waals surface area contributed by atoms with Crippen LogP contribution in [0.4, 0.5) is 0 Å². The van der Waals surface area contributed by atoms with Crippen LogP contribution in [-0.2, 0) is 19.1 Å². The van der Waals surface area contributed by atoms with Crippen LogP contribution in [0.3, 0.4) is 0 Å². The Morgan fingerprint density at radius 2 is 1.28 bits per heavy atom. The van der Waals surface area contributed by atoms with Gasteiger partial charge in [0.2, 0.25) is 0 Å². The molecule has 0 aromatic heterocycles. The molecule has 0 aliphatic heterocycles. The summed E-state index contributed by atoms with van der Waals surface area (Å²) in [5, 5.41) is 0. The number of esters is 2. The topological polar surface area (TPSA) is 52.6 Å². The standard InChI is InChI=1S/C14H25O4/c1-4-6-8-10-17-13(15)12(3)14(16)18-11-9-7-5-2/h12H,3-11H2,1-2H3. The van der Waals surface area contributed by atoms with Gasteiger partial charge >= 0.3 is 11.9 Å². The number of ether oxygens (including phenoxy) is 2. The molecule has 0 spiro atoms. The van der Waals surface area contributed by atoms with Crippen molar-refractivity contribution in [1.82, 2.24) is 0 Å². The molecule has 1 radical (unpaired) electrons. The maximum Gasteiger partial charge on any atom is 0.320 e.